The van der Waals surface area contributed by atoms with Gasteiger partial charge in [-0.1, -0.05) is 30.3 Å². The fourth-order valence-electron chi connectivity index (χ4n) is 5.11. The standard InChI is InChI=1S/C27H39NO3/c1-21(2)31-25-12-10-23(11-13-25)17-28-18-24(19-29)27(14-15-30-26(3,4)20-27)16-22-8-6-5-7-9-22/h5-13,21,24,28-29H,14-20H2,1-4H3/p+1/t24-,27+/m0/s1. The van der Waals surface area contributed by atoms with E-state index in [1.54, 1.807) is 0 Å². The maximum Gasteiger partial charge on any atom is 0.119 e. The molecule has 0 bridgehead atoms. The SMILES string of the molecule is CC(C)Oc1ccc(C[NH2+]C[C@@H](CO)[C@@]2(Cc3ccccc3)CCOC(C)(C)C2)cc1. The van der Waals surface area contributed by atoms with Crippen LogP contribution >= 0.6 is 0 Å². The Balaban J connectivity index is 1.67. The first-order valence-electron chi connectivity index (χ1n) is 11.7. The molecule has 3 rings (SSSR count). The molecule has 0 saturated carbocycles. The summed E-state index contributed by atoms with van der Waals surface area (Å²) in [6, 6.07) is 19.1. The van der Waals surface area contributed by atoms with Crippen LogP contribution in [-0.4, -0.2) is 36.6 Å². The van der Waals surface area contributed by atoms with Crippen molar-refractivity contribution in [2.24, 2.45) is 11.3 Å². The summed E-state index contributed by atoms with van der Waals surface area (Å²) in [5.41, 5.74) is 2.51. The second-order valence-corrected chi connectivity index (χ2v) is 9.98. The van der Waals surface area contributed by atoms with Crippen molar-refractivity contribution in [3.8, 4) is 5.75 Å². The molecule has 0 spiro atoms. The predicted octanol–water partition coefficient (Wildman–Crippen LogP) is 3.96. The minimum absolute atomic E-state index is 0.0450. The number of aliphatic hydroxyl groups excluding tert-OH is 1. The zero-order chi connectivity index (χ0) is 22.3. The van der Waals surface area contributed by atoms with Crippen LogP contribution in [0.1, 0.15) is 51.7 Å². The van der Waals surface area contributed by atoms with Crippen molar-refractivity contribution in [1.29, 1.82) is 0 Å². The zero-order valence-electron chi connectivity index (χ0n) is 19.6. The van der Waals surface area contributed by atoms with Gasteiger partial charge >= 0.3 is 0 Å². The van der Waals surface area contributed by atoms with Crippen LogP contribution in [0.3, 0.4) is 0 Å². The number of benzene rings is 2. The van der Waals surface area contributed by atoms with Gasteiger partial charge in [0.15, 0.2) is 0 Å². The number of aliphatic hydroxyl groups is 1. The Bertz CT molecular complexity index is 788. The molecule has 0 aromatic heterocycles. The highest BCUT2D eigenvalue weighted by atomic mass is 16.5. The fraction of sp³-hybridized carbons (Fsp3) is 0.556. The van der Waals surface area contributed by atoms with E-state index >= 15 is 0 Å². The minimum Gasteiger partial charge on any atom is -0.491 e. The first-order valence-corrected chi connectivity index (χ1v) is 11.7. The normalized spacial score (nSPS) is 21.7. The summed E-state index contributed by atoms with van der Waals surface area (Å²) in [5.74, 6) is 1.14. The number of hydrogen-bond acceptors (Lipinski definition) is 3. The maximum absolute atomic E-state index is 10.4. The van der Waals surface area contributed by atoms with E-state index in [9.17, 15) is 5.11 Å². The molecule has 1 heterocycles. The smallest absolute Gasteiger partial charge is 0.119 e. The van der Waals surface area contributed by atoms with Gasteiger partial charge in [0.1, 0.15) is 12.3 Å². The minimum atomic E-state index is -0.160. The summed E-state index contributed by atoms with van der Waals surface area (Å²) in [7, 11) is 0. The molecule has 0 aliphatic carbocycles. The van der Waals surface area contributed by atoms with Gasteiger partial charge in [-0.05, 0) is 82.2 Å². The van der Waals surface area contributed by atoms with Gasteiger partial charge in [-0.25, -0.2) is 0 Å². The second kappa shape index (κ2) is 10.6. The van der Waals surface area contributed by atoms with Crippen LogP contribution in [0, 0.1) is 11.3 Å². The molecule has 4 heteroatoms. The lowest BCUT2D eigenvalue weighted by Crippen LogP contribution is -2.85. The number of quaternary nitrogens is 1. The molecule has 2 atom stereocenters. The van der Waals surface area contributed by atoms with Gasteiger partial charge in [0.05, 0.1) is 24.9 Å². The molecular weight excluding hydrogens is 386 g/mol. The van der Waals surface area contributed by atoms with Crippen LogP contribution in [-0.2, 0) is 17.7 Å². The molecule has 0 amide bonds. The Kier molecular flexibility index (Phi) is 8.15. The predicted molar refractivity (Wildman–Crippen MR) is 125 cm³/mol. The molecule has 0 unspecified atom stereocenters. The van der Waals surface area contributed by atoms with Gasteiger partial charge in [-0.3, -0.25) is 0 Å². The van der Waals surface area contributed by atoms with E-state index in [1.807, 2.05) is 26.0 Å². The Hall–Kier alpha value is -1.88. The molecule has 31 heavy (non-hydrogen) atoms. The van der Waals surface area contributed by atoms with Crippen LogP contribution in [0.4, 0.5) is 0 Å². The van der Waals surface area contributed by atoms with E-state index in [1.165, 1.54) is 11.1 Å². The molecule has 4 nitrogen and oxygen atoms in total. The fourth-order valence-corrected chi connectivity index (χ4v) is 5.11. The number of ether oxygens (including phenoxy) is 2. The number of rotatable bonds is 10. The highest BCUT2D eigenvalue weighted by molar-refractivity contribution is 5.26. The summed E-state index contributed by atoms with van der Waals surface area (Å²) in [6.45, 7) is 11.2. The van der Waals surface area contributed by atoms with Crippen LogP contribution in [0.15, 0.2) is 54.6 Å². The van der Waals surface area contributed by atoms with Crippen molar-refractivity contribution in [2.45, 2.75) is 65.2 Å². The van der Waals surface area contributed by atoms with Crippen molar-refractivity contribution < 1.29 is 19.9 Å². The average Bonchev–Trinajstić information content (AvgIpc) is 2.72. The van der Waals surface area contributed by atoms with E-state index in [0.717, 1.165) is 44.7 Å². The largest absolute Gasteiger partial charge is 0.491 e. The average molecular weight is 427 g/mol. The Labute approximate surface area is 188 Å². The van der Waals surface area contributed by atoms with Crippen molar-refractivity contribution in [3.63, 3.8) is 0 Å². The first-order chi connectivity index (χ1) is 14.8. The molecular formula is C27H40NO3+. The molecule has 1 aliphatic rings. The lowest BCUT2D eigenvalue weighted by molar-refractivity contribution is -0.678. The summed E-state index contributed by atoms with van der Waals surface area (Å²) in [6.07, 6.45) is 3.13. The van der Waals surface area contributed by atoms with Crippen LogP contribution in [0.2, 0.25) is 0 Å². The third-order valence-electron chi connectivity index (χ3n) is 6.48. The topological polar surface area (TPSA) is 55.3 Å². The monoisotopic (exact) mass is 426 g/mol. The molecule has 170 valence electrons. The molecule has 2 aromatic carbocycles. The van der Waals surface area contributed by atoms with Crippen molar-refractivity contribution >= 4 is 0 Å². The number of nitrogens with two attached hydrogens (primary N) is 1. The van der Waals surface area contributed by atoms with Crippen LogP contribution < -0.4 is 10.1 Å². The Morgan fingerprint density at radius 2 is 1.74 bits per heavy atom. The van der Waals surface area contributed by atoms with Crippen LogP contribution in [0.5, 0.6) is 5.75 Å². The van der Waals surface area contributed by atoms with Crippen molar-refractivity contribution in [2.75, 3.05) is 19.8 Å². The third-order valence-corrected chi connectivity index (χ3v) is 6.48. The second-order valence-electron chi connectivity index (χ2n) is 9.98. The van der Waals surface area contributed by atoms with E-state index in [0.29, 0.717) is 0 Å². The third kappa shape index (κ3) is 6.80. The molecule has 1 aliphatic heterocycles. The van der Waals surface area contributed by atoms with Crippen molar-refractivity contribution in [1.82, 2.24) is 0 Å². The van der Waals surface area contributed by atoms with Gasteiger partial charge < -0.3 is 19.9 Å². The lowest BCUT2D eigenvalue weighted by Gasteiger charge is -2.48. The quantitative estimate of drug-likeness (QED) is 0.605. The number of hydrogen-bond donors (Lipinski definition) is 2. The Morgan fingerprint density at radius 1 is 1.03 bits per heavy atom. The molecule has 2 aromatic rings. The first kappa shape index (κ1) is 23.8. The van der Waals surface area contributed by atoms with Crippen molar-refractivity contribution in [3.05, 3.63) is 65.7 Å². The highest BCUT2D eigenvalue weighted by Gasteiger charge is 2.46. The Morgan fingerprint density at radius 3 is 2.35 bits per heavy atom. The van der Waals surface area contributed by atoms with E-state index < -0.39 is 0 Å². The summed E-state index contributed by atoms with van der Waals surface area (Å²) in [5, 5.41) is 12.8. The molecule has 1 saturated heterocycles. The van der Waals surface area contributed by atoms with Crippen LogP contribution in [0.25, 0.3) is 0 Å². The summed E-state index contributed by atoms with van der Waals surface area (Å²) < 4.78 is 11.8. The molecule has 3 N–H and O–H groups in total. The molecule has 1 fully saturated rings. The van der Waals surface area contributed by atoms with Gasteiger partial charge in [0.2, 0.25) is 0 Å². The summed E-state index contributed by atoms with van der Waals surface area (Å²) in [4.78, 5) is 0. The van der Waals surface area contributed by atoms with Gasteiger partial charge in [-0.15, -0.1) is 0 Å². The van der Waals surface area contributed by atoms with E-state index in [-0.39, 0.29) is 29.6 Å². The summed E-state index contributed by atoms with van der Waals surface area (Å²) >= 11 is 0. The zero-order valence-corrected chi connectivity index (χ0v) is 19.6. The van der Waals surface area contributed by atoms with Gasteiger partial charge in [0.25, 0.3) is 0 Å². The van der Waals surface area contributed by atoms with Gasteiger partial charge in [-0.2, -0.15) is 0 Å². The maximum atomic E-state index is 10.4. The van der Waals surface area contributed by atoms with E-state index in [2.05, 4.69) is 61.6 Å². The molecule has 0 radical (unpaired) electrons. The highest BCUT2D eigenvalue weighted by Crippen LogP contribution is 2.46. The van der Waals surface area contributed by atoms with E-state index in [4.69, 9.17) is 9.47 Å². The van der Waals surface area contributed by atoms with Gasteiger partial charge in [0, 0.05) is 18.1 Å². The lowest BCUT2D eigenvalue weighted by atomic mass is 9.63.